The van der Waals surface area contributed by atoms with E-state index in [1.165, 1.54) is 35.7 Å². The molecule has 0 bridgehead atoms. The normalized spacial score (nSPS) is 21.6. The number of methoxy groups -OCH3 is 1. The fraction of sp³-hybridized carbons (Fsp3) is 0.241. The molecule has 2 aliphatic rings. The fourth-order valence-electron chi connectivity index (χ4n) is 4.70. The monoisotopic (exact) mass is 578 g/mol. The third-order valence-corrected chi connectivity index (χ3v) is 8.56. The zero-order chi connectivity index (χ0) is 28.3. The highest BCUT2D eigenvalue weighted by Crippen LogP contribution is 2.47. The van der Waals surface area contributed by atoms with Crippen LogP contribution in [-0.2, 0) is 39.8 Å². The van der Waals surface area contributed by atoms with Gasteiger partial charge < -0.3 is 24.4 Å². The predicted molar refractivity (Wildman–Crippen MR) is 149 cm³/mol. The molecule has 0 aliphatic carbocycles. The van der Waals surface area contributed by atoms with Crippen molar-refractivity contribution in [1.82, 2.24) is 10.2 Å². The van der Waals surface area contributed by atoms with Gasteiger partial charge in [0.1, 0.15) is 11.1 Å². The van der Waals surface area contributed by atoms with Crippen LogP contribution in [0.1, 0.15) is 29.0 Å². The molecule has 5 rings (SSSR count). The summed E-state index contributed by atoms with van der Waals surface area (Å²) in [6.07, 6.45) is -0.709. The Morgan fingerprint density at radius 1 is 1.00 bits per heavy atom. The summed E-state index contributed by atoms with van der Waals surface area (Å²) in [7, 11) is 1.32. The molecule has 3 atom stereocenters. The summed E-state index contributed by atoms with van der Waals surface area (Å²) in [5, 5.41) is 5.26. The minimum absolute atomic E-state index is 0.0402. The summed E-state index contributed by atoms with van der Waals surface area (Å²) in [5.74, 6) is -2.54. The Morgan fingerprint density at radius 2 is 1.65 bits per heavy atom. The molecule has 11 heteroatoms. The van der Waals surface area contributed by atoms with Gasteiger partial charge in [-0.25, -0.2) is 4.79 Å². The third kappa shape index (κ3) is 5.27. The molecule has 0 spiro atoms. The Balaban J connectivity index is 1.44. The van der Waals surface area contributed by atoms with Gasteiger partial charge in [-0.3, -0.25) is 14.4 Å². The average molecular weight is 579 g/mol. The van der Waals surface area contributed by atoms with Gasteiger partial charge in [0.05, 0.1) is 6.42 Å². The number of benzene rings is 2. The average Bonchev–Trinajstić information content (AvgIpc) is 3.47. The maximum Gasteiger partial charge on any atom is 0.337 e. The van der Waals surface area contributed by atoms with Crippen molar-refractivity contribution >= 4 is 46.9 Å². The van der Waals surface area contributed by atoms with Crippen LogP contribution in [0, 0.1) is 0 Å². The van der Waals surface area contributed by atoms with Crippen LogP contribution in [0.2, 0.25) is 0 Å². The van der Waals surface area contributed by atoms with Crippen LogP contribution in [-0.4, -0.2) is 52.9 Å². The van der Waals surface area contributed by atoms with Gasteiger partial charge in [-0.2, -0.15) is 0 Å². The van der Waals surface area contributed by atoms with Gasteiger partial charge in [-0.15, -0.1) is 11.3 Å². The minimum atomic E-state index is -1.70. The molecule has 2 amide bonds. The molecule has 2 unspecified atom stereocenters. The quantitative estimate of drug-likeness (QED) is 0.232. The van der Waals surface area contributed by atoms with Crippen LogP contribution in [0.15, 0.2) is 89.3 Å². The Morgan fingerprint density at radius 3 is 2.20 bits per heavy atom. The molecule has 1 aromatic heterocycles. The fourth-order valence-corrected chi connectivity index (χ4v) is 6.64. The number of hydrogen-bond acceptors (Lipinski definition) is 9. The van der Waals surface area contributed by atoms with Crippen molar-refractivity contribution in [2.45, 2.75) is 36.6 Å². The van der Waals surface area contributed by atoms with E-state index in [9.17, 15) is 19.2 Å². The molecule has 40 heavy (non-hydrogen) atoms. The van der Waals surface area contributed by atoms with E-state index in [4.69, 9.17) is 14.2 Å². The second-order valence-electron chi connectivity index (χ2n) is 9.10. The van der Waals surface area contributed by atoms with E-state index in [2.05, 4.69) is 5.32 Å². The maximum absolute atomic E-state index is 13.8. The smallest absolute Gasteiger partial charge is 0.337 e. The molecule has 1 fully saturated rings. The van der Waals surface area contributed by atoms with Crippen molar-refractivity contribution in [2.75, 3.05) is 7.11 Å². The van der Waals surface area contributed by atoms with Crippen molar-refractivity contribution in [3.05, 3.63) is 105 Å². The number of rotatable bonds is 9. The Hall–Kier alpha value is -3.93. The van der Waals surface area contributed by atoms with Crippen molar-refractivity contribution < 1.29 is 33.4 Å². The number of carbonyl (C=O) groups excluding carboxylic acids is 4. The lowest BCUT2D eigenvalue weighted by molar-refractivity contribution is -0.204. The van der Waals surface area contributed by atoms with Crippen LogP contribution in [0.4, 0.5) is 0 Å². The first kappa shape index (κ1) is 27.6. The predicted octanol–water partition coefficient (Wildman–Crippen LogP) is 3.77. The Bertz CT molecular complexity index is 1390. The van der Waals surface area contributed by atoms with Gasteiger partial charge in [0.25, 0.3) is 11.6 Å². The van der Waals surface area contributed by atoms with Gasteiger partial charge in [-0.1, -0.05) is 78.5 Å². The number of β-lactam (4-membered cyclic amide) rings is 1. The molecule has 2 aromatic carbocycles. The lowest BCUT2D eigenvalue weighted by atomic mass is 9.96. The van der Waals surface area contributed by atoms with Crippen molar-refractivity contribution in [3.63, 3.8) is 0 Å². The van der Waals surface area contributed by atoms with Crippen LogP contribution >= 0.6 is 23.1 Å². The zero-order valence-corrected chi connectivity index (χ0v) is 23.3. The molecule has 206 valence electrons. The third-order valence-electron chi connectivity index (χ3n) is 6.50. The van der Waals surface area contributed by atoms with Crippen LogP contribution in [0.25, 0.3) is 0 Å². The first-order valence-electron chi connectivity index (χ1n) is 12.4. The molecule has 1 saturated heterocycles. The number of fused-ring (bicyclic) bond motifs is 1. The second-order valence-corrected chi connectivity index (χ2v) is 11.1. The maximum atomic E-state index is 13.8. The number of hydrogen-bond donors (Lipinski definition) is 1. The first-order valence-corrected chi connectivity index (χ1v) is 14.2. The van der Waals surface area contributed by atoms with Gasteiger partial charge in [0.15, 0.2) is 12.1 Å². The highest BCUT2D eigenvalue weighted by atomic mass is 32.2. The van der Waals surface area contributed by atoms with E-state index in [-0.39, 0.29) is 12.2 Å². The molecule has 3 heterocycles. The highest BCUT2D eigenvalue weighted by Gasteiger charge is 2.68. The van der Waals surface area contributed by atoms with Gasteiger partial charge in [-0.05, 0) is 22.6 Å². The number of ether oxygens (including phenoxy) is 3. The van der Waals surface area contributed by atoms with E-state index >= 15 is 0 Å². The van der Waals surface area contributed by atoms with Crippen molar-refractivity contribution in [2.24, 2.45) is 0 Å². The van der Waals surface area contributed by atoms with E-state index in [1.807, 2.05) is 78.2 Å². The van der Waals surface area contributed by atoms with Crippen molar-refractivity contribution in [1.29, 1.82) is 0 Å². The number of amides is 2. The first-order chi connectivity index (χ1) is 19.3. The lowest BCUT2D eigenvalue weighted by Crippen LogP contribution is -2.83. The summed E-state index contributed by atoms with van der Waals surface area (Å²) in [6.45, 7) is 1.21. The number of esters is 2. The lowest BCUT2D eigenvalue weighted by Gasteiger charge is -2.57. The van der Waals surface area contributed by atoms with Crippen molar-refractivity contribution in [3.8, 4) is 0 Å². The van der Waals surface area contributed by atoms with Crippen LogP contribution in [0.3, 0.4) is 0 Å². The SMILES string of the molecule is COC1(NC(=O)Cc2cccs2)C(=O)N2C(C(=O)OC(c3ccccc3)c3ccccc3)C(OC(C)=O)=CS[C@@H]21. The number of nitrogens with zero attached hydrogens (tertiary/aromatic N) is 1. The largest absolute Gasteiger partial charge is 0.451 e. The molecule has 1 N–H and O–H groups in total. The summed E-state index contributed by atoms with van der Waals surface area (Å²) in [5.41, 5.74) is -0.249. The topological polar surface area (TPSA) is 111 Å². The second kappa shape index (κ2) is 11.7. The minimum Gasteiger partial charge on any atom is -0.451 e. The molecule has 0 saturated carbocycles. The van der Waals surface area contributed by atoms with E-state index in [0.717, 1.165) is 27.8 Å². The Labute approximate surface area is 239 Å². The van der Waals surface area contributed by atoms with Gasteiger partial charge in [0.2, 0.25) is 5.91 Å². The summed E-state index contributed by atoms with van der Waals surface area (Å²) in [6, 6.07) is 20.7. The number of thioether (sulfide) groups is 1. The van der Waals surface area contributed by atoms with E-state index in [1.54, 1.807) is 0 Å². The summed E-state index contributed by atoms with van der Waals surface area (Å²) in [4.78, 5) is 54.3. The van der Waals surface area contributed by atoms with Gasteiger partial charge in [0, 0.05) is 24.3 Å². The van der Waals surface area contributed by atoms with Crippen LogP contribution in [0.5, 0.6) is 0 Å². The summed E-state index contributed by atoms with van der Waals surface area (Å²) >= 11 is 2.53. The number of nitrogens with one attached hydrogen (secondary N) is 1. The zero-order valence-electron chi connectivity index (χ0n) is 21.6. The highest BCUT2D eigenvalue weighted by molar-refractivity contribution is 8.03. The molecular weight excluding hydrogens is 552 g/mol. The van der Waals surface area contributed by atoms with Gasteiger partial charge >= 0.3 is 11.9 Å². The summed E-state index contributed by atoms with van der Waals surface area (Å²) < 4.78 is 17.0. The molecule has 9 nitrogen and oxygen atoms in total. The number of thiophene rings is 1. The molecule has 2 aliphatic heterocycles. The van der Waals surface area contributed by atoms with E-state index in [0.29, 0.717) is 0 Å². The van der Waals surface area contributed by atoms with E-state index < -0.39 is 47.0 Å². The molecule has 0 radical (unpaired) electrons. The van der Waals surface area contributed by atoms with Crippen LogP contribution < -0.4 is 5.32 Å². The Kier molecular flexibility index (Phi) is 8.06. The standard InChI is InChI=1S/C29H26N2O7S2/c1-18(32)37-22-17-40-28-29(36-2,30-23(33)16-21-14-9-15-39-21)27(35)31(28)24(22)26(34)38-25(19-10-5-3-6-11-19)20-12-7-4-8-13-20/h3-15,17,24-25,28H,16H2,1-2H3,(H,30,33)/t24?,28-,29?/m1/s1. The molecular formula is C29H26N2O7S2. The number of carbonyl (C=O) groups is 4. The molecule has 3 aromatic rings.